The normalized spacial score (nSPS) is 13.5. The van der Waals surface area contributed by atoms with Gasteiger partial charge in [0.15, 0.2) is 0 Å². The highest BCUT2D eigenvalue weighted by molar-refractivity contribution is 5.94. The van der Waals surface area contributed by atoms with Crippen molar-refractivity contribution in [1.82, 2.24) is 15.3 Å². The molecule has 0 atom stereocenters. The number of carbonyl (C=O) groups is 1. The quantitative estimate of drug-likeness (QED) is 0.767. The van der Waals surface area contributed by atoms with Gasteiger partial charge in [-0.25, -0.2) is 4.98 Å². The summed E-state index contributed by atoms with van der Waals surface area (Å²) in [5.74, 6) is 2.62. The van der Waals surface area contributed by atoms with Crippen LogP contribution in [0.1, 0.15) is 29.0 Å². The molecule has 1 aromatic carbocycles. The first-order valence-electron chi connectivity index (χ1n) is 8.81. The Morgan fingerprint density at radius 3 is 2.81 bits per heavy atom. The van der Waals surface area contributed by atoms with E-state index in [4.69, 9.17) is 9.47 Å². The molecule has 7 heteroatoms. The summed E-state index contributed by atoms with van der Waals surface area (Å²) in [4.78, 5) is 23.2. The second-order valence-electron chi connectivity index (χ2n) is 6.14. The van der Waals surface area contributed by atoms with Gasteiger partial charge in [0.2, 0.25) is 5.88 Å². The SMILES string of the molecule is COc1cccc(C(=O)NCCOc2cc(N3CCCC3)nc(C)n2)c1. The number of rotatable bonds is 7. The van der Waals surface area contributed by atoms with Crippen LogP contribution in [0.5, 0.6) is 11.6 Å². The van der Waals surface area contributed by atoms with E-state index in [1.165, 1.54) is 12.8 Å². The summed E-state index contributed by atoms with van der Waals surface area (Å²) in [5, 5.41) is 2.83. The molecule has 1 N–H and O–H groups in total. The fourth-order valence-electron chi connectivity index (χ4n) is 2.89. The summed E-state index contributed by atoms with van der Waals surface area (Å²) in [5.41, 5.74) is 0.554. The lowest BCUT2D eigenvalue weighted by molar-refractivity contribution is 0.0946. The maximum Gasteiger partial charge on any atom is 0.251 e. The summed E-state index contributed by atoms with van der Waals surface area (Å²) in [7, 11) is 1.57. The zero-order valence-electron chi connectivity index (χ0n) is 15.2. The third-order valence-corrected chi connectivity index (χ3v) is 4.20. The number of carbonyl (C=O) groups excluding carboxylic acids is 1. The molecule has 26 heavy (non-hydrogen) atoms. The van der Waals surface area contributed by atoms with Crippen molar-refractivity contribution in [1.29, 1.82) is 0 Å². The molecule has 1 amide bonds. The highest BCUT2D eigenvalue weighted by Crippen LogP contribution is 2.21. The first-order chi connectivity index (χ1) is 12.7. The summed E-state index contributed by atoms with van der Waals surface area (Å²) in [6, 6.07) is 8.90. The summed E-state index contributed by atoms with van der Waals surface area (Å²) < 4.78 is 10.8. The lowest BCUT2D eigenvalue weighted by atomic mass is 10.2. The predicted molar refractivity (Wildman–Crippen MR) is 99.0 cm³/mol. The van der Waals surface area contributed by atoms with Gasteiger partial charge in [0.05, 0.1) is 13.7 Å². The van der Waals surface area contributed by atoms with E-state index in [-0.39, 0.29) is 5.91 Å². The Bertz CT molecular complexity index is 760. The minimum Gasteiger partial charge on any atom is -0.497 e. The molecule has 0 bridgehead atoms. The van der Waals surface area contributed by atoms with Crippen LogP contribution in [0.3, 0.4) is 0 Å². The maximum absolute atomic E-state index is 12.2. The Morgan fingerprint density at radius 1 is 1.23 bits per heavy atom. The molecule has 1 aliphatic rings. The van der Waals surface area contributed by atoms with E-state index >= 15 is 0 Å². The van der Waals surface area contributed by atoms with Gasteiger partial charge in [0.1, 0.15) is 24.0 Å². The van der Waals surface area contributed by atoms with Crippen LogP contribution >= 0.6 is 0 Å². The Balaban J connectivity index is 1.50. The topological polar surface area (TPSA) is 76.6 Å². The Labute approximate surface area is 153 Å². The molecule has 7 nitrogen and oxygen atoms in total. The number of methoxy groups -OCH3 is 1. The van der Waals surface area contributed by atoms with Crippen LogP contribution in [0.4, 0.5) is 5.82 Å². The average molecular weight is 356 g/mol. The highest BCUT2D eigenvalue weighted by Gasteiger charge is 2.15. The molecule has 1 saturated heterocycles. The lowest BCUT2D eigenvalue weighted by Gasteiger charge is -2.17. The van der Waals surface area contributed by atoms with E-state index in [9.17, 15) is 4.79 Å². The van der Waals surface area contributed by atoms with Crippen molar-refractivity contribution < 1.29 is 14.3 Å². The molecular formula is C19H24N4O3. The van der Waals surface area contributed by atoms with Gasteiger partial charge in [-0.1, -0.05) is 6.07 Å². The zero-order valence-corrected chi connectivity index (χ0v) is 15.2. The van der Waals surface area contributed by atoms with Crippen LogP contribution < -0.4 is 19.7 Å². The molecule has 2 heterocycles. The lowest BCUT2D eigenvalue weighted by Crippen LogP contribution is -2.28. The largest absolute Gasteiger partial charge is 0.497 e. The number of hydrogen-bond donors (Lipinski definition) is 1. The molecule has 0 saturated carbocycles. The van der Waals surface area contributed by atoms with Crippen LogP contribution in [0, 0.1) is 6.92 Å². The molecule has 0 unspecified atom stereocenters. The predicted octanol–water partition coefficient (Wildman–Crippen LogP) is 2.20. The van der Waals surface area contributed by atoms with Gasteiger partial charge in [0.25, 0.3) is 5.91 Å². The molecular weight excluding hydrogens is 332 g/mol. The zero-order chi connectivity index (χ0) is 18.4. The Morgan fingerprint density at radius 2 is 2.04 bits per heavy atom. The van der Waals surface area contributed by atoms with Gasteiger partial charge in [-0.2, -0.15) is 4.98 Å². The van der Waals surface area contributed by atoms with Crippen LogP contribution in [0.25, 0.3) is 0 Å². The van der Waals surface area contributed by atoms with Crippen LogP contribution in [-0.2, 0) is 0 Å². The minimum atomic E-state index is -0.163. The van der Waals surface area contributed by atoms with Gasteiger partial charge in [-0.05, 0) is 38.0 Å². The highest BCUT2D eigenvalue weighted by atomic mass is 16.5. The van der Waals surface area contributed by atoms with Gasteiger partial charge in [0, 0.05) is 24.7 Å². The van der Waals surface area contributed by atoms with Crippen molar-refractivity contribution in [3.05, 3.63) is 41.7 Å². The molecule has 1 fully saturated rings. The fourth-order valence-corrected chi connectivity index (χ4v) is 2.89. The van der Waals surface area contributed by atoms with E-state index in [0.29, 0.717) is 36.2 Å². The first kappa shape index (κ1) is 18.0. The molecule has 0 spiro atoms. The number of aryl methyl sites for hydroxylation is 1. The van der Waals surface area contributed by atoms with Crippen LogP contribution in [0.15, 0.2) is 30.3 Å². The van der Waals surface area contributed by atoms with E-state index in [2.05, 4.69) is 20.2 Å². The second kappa shape index (κ2) is 8.51. The third kappa shape index (κ3) is 4.62. The van der Waals surface area contributed by atoms with Crippen molar-refractivity contribution in [2.24, 2.45) is 0 Å². The average Bonchev–Trinajstić information content (AvgIpc) is 3.19. The Hall–Kier alpha value is -2.83. The van der Waals surface area contributed by atoms with Crippen molar-refractivity contribution >= 4 is 11.7 Å². The molecule has 2 aromatic rings. The van der Waals surface area contributed by atoms with Gasteiger partial charge >= 0.3 is 0 Å². The second-order valence-corrected chi connectivity index (χ2v) is 6.14. The summed E-state index contributed by atoms with van der Waals surface area (Å²) in [6.45, 7) is 4.62. The number of ether oxygens (including phenoxy) is 2. The van der Waals surface area contributed by atoms with Crippen LogP contribution in [-0.4, -0.2) is 49.2 Å². The summed E-state index contributed by atoms with van der Waals surface area (Å²) >= 11 is 0. The third-order valence-electron chi connectivity index (χ3n) is 4.20. The Kier molecular flexibility index (Phi) is 5.88. The molecule has 1 aliphatic heterocycles. The van der Waals surface area contributed by atoms with E-state index < -0.39 is 0 Å². The van der Waals surface area contributed by atoms with Gasteiger partial charge in [-0.3, -0.25) is 4.79 Å². The van der Waals surface area contributed by atoms with E-state index in [1.54, 1.807) is 31.4 Å². The van der Waals surface area contributed by atoms with Crippen LogP contribution in [0.2, 0.25) is 0 Å². The van der Waals surface area contributed by atoms with Crippen molar-refractivity contribution in [3.63, 3.8) is 0 Å². The number of amides is 1. The summed E-state index contributed by atoms with van der Waals surface area (Å²) in [6.07, 6.45) is 2.38. The smallest absolute Gasteiger partial charge is 0.251 e. The maximum atomic E-state index is 12.2. The number of nitrogens with one attached hydrogen (secondary N) is 1. The van der Waals surface area contributed by atoms with Crippen molar-refractivity contribution in [2.45, 2.75) is 19.8 Å². The standard InChI is InChI=1S/C19H24N4O3/c1-14-21-17(23-9-3-4-10-23)13-18(22-14)26-11-8-20-19(24)15-6-5-7-16(12-15)25-2/h5-7,12-13H,3-4,8-11H2,1-2H3,(H,20,24). The van der Waals surface area contributed by atoms with Gasteiger partial charge < -0.3 is 19.7 Å². The number of benzene rings is 1. The van der Waals surface area contributed by atoms with E-state index in [1.807, 2.05) is 13.0 Å². The van der Waals surface area contributed by atoms with Crippen molar-refractivity contribution in [2.75, 3.05) is 38.3 Å². The van der Waals surface area contributed by atoms with Gasteiger partial charge in [-0.15, -0.1) is 0 Å². The van der Waals surface area contributed by atoms with E-state index in [0.717, 1.165) is 18.9 Å². The number of anilines is 1. The van der Waals surface area contributed by atoms with Crippen molar-refractivity contribution in [3.8, 4) is 11.6 Å². The number of hydrogen-bond acceptors (Lipinski definition) is 6. The first-order valence-corrected chi connectivity index (χ1v) is 8.81. The monoisotopic (exact) mass is 356 g/mol. The number of aromatic nitrogens is 2. The molecule has 1 aromatic heterocycles. The molecule has 0 radical (unpaired) electrons. The molecule has 3 rings (SSSR count). The molecule has 0 aliphatic carbocycles. The number of nitrogens with zero attached hydrogens (tertiary/aromatic N) is 3. The molecule has 138 valence electrons. The minimum absolute atomic E-state index is 0.163. The fraction of sp³-hybridized carbons (Fsp3) is 0.421.